The van der Waals surface area contributed by atoms with Gasteiger partial charge in [0.1, 0.15) is 11.6 Å². The Bertz CT molecular complexity index is 632. The fourth-order valence-corrected chi connectivity index (χ4v) is 2.43. The zero-order valence-corrected chi connectivity index (χ0v) is 13.1. The van der Waals surface area contributed by atoms with E-state index < -0.39 is 5.82 Å². The van der Waals surface area contributed by atoms with E-state index in [4.69, 9.17) is 11.6 Å². The molecule has 0 aliphatic heterocycles. The fourth-order valence-electron chi connectivity index (χ4n) is 2.31. The van der Waals surface area contributed by atoms with Crippen molar-refractivity contribution < 1.29 is 8.78 Å². The van der Waals surface area contributed by atoms with Crippen LogP contribution in [-0.2, 0) is 6.54 Å². The molecule has 0 amide bonds. The fraction of sp³-hybridized carbons (Fsp3) is 0.294. The van der Waals surface area contributed by atoms with Crippen LogP contribution in [0.3, 0.4) is 0 Å². The summed E-state index contributed by atoms with van der Waals surface area (Å²) in [5, 5.41) is 3.42. The van der Waals surface area contributed by atoms with Crippen molar-refractivity contribution in [3.05, 3.63) is 69.2 Å². The Morgan fingerprint density at radius 1 is 1.10 bits per heavy atom. The first kappa shape index (κ1) is 15.9. The number of aryl methyl sites for hydroxylation is 2. The van der Waals surface area contributed by atoms with E-state index in [1.807, 2.05) is 19.1 Å². The molecule has 0 aromatic heterocycles. The van der Waals surface area contributed by atoms with E-state index in [2.05, 4.69) is 5.32 Å². The molecule has 2 aromatic rings. The van der Waals surface area contributed by atoms with Gasteiger partial charge in [0.2, 0.25) is 0 Å². The van der Waals surface area contributed by atoms with Crippen molar-refractivity contribution >= 4 is 11.6 Å². The third kappa shape index (κ3) is 3.80. The number of halogens is 3. The van der Waals surface area contributed by atoms with E-state index in [0.717, 1.165) is 11.1 Å². The Morgan fingerprint density at radius 3 is 2.29 bits per heavy atom. The van der Waals surface area contributed by atoms with Gasteiger partial charge in [0.05, 0.1) is 5.02 Å². The summed E-state index contributed by atoms with van der Waals surface area (Å²) in [6, 6.07) is 8.40. The Balaban J connectivity index is 2.07. The standard InChI is InChI=1S/C17H18ClF2N/c1-10-6-13(7-11(2)17(10)20)9-21-12(3)14-4-5-15(18)16(19)8-14/h4-8,12,21H,9H2,1-3H3. The number of hydrogen-bond donors (Lipinski definition) is 1. The lowest BCUT2D eigenvalue weighted by Crippen LogP contribution is -2.18. The average molecular weight is 310 g/mol. The van der Waals surface area contributed by atoms with Gasteiger partial charge in [-0.05, 0) is 55.2 Å². The molecule has 2 rings (SSSR count). The van der Waals surface area contributed by atoms with Gasteiger partial charge in [-0.15, -0.1) is 0 Å². The average Bonchev–Trinajstić information content (AvgIpc) is 2.44. The maximum Gasteiger partial charge on any atom is 0.142 e. The molecule has 0 bridgehead atoms. The van der Waals surface area contributed by atoms with Crippen molar-refractivity contribution in [2.24, 2.45) is 0 Å². The van der Waals surface area contributed by atoms with Crippen LogP contribution in [0.4, 0.5) is 8.78 Å². The highest BCUT2D eigenvalue weighted by Crippen LogP contribution is 2.21. The lowest BCUT2D eigenvalue weighted by molar-refractivity contribution is 0.562. The van der Waals surface area contributed by atoms with Crippen LogP contribution in [-0.4, -0.2) is 0 Å². The predicted molar refractivity (Wildman–Crippen MR) is 82.5 cm³/mol. The number of benzene rings is 2. The lowest BCUT2D eigenvalue weighted by atomic mass is 10.0. The van der Waals surface area contributed by atoms with E-state index in [1.165, 1.54) is 6.07 Å². The molecule has 0 heterocycles. The zero-order valence-electron chi connectivity index (χ0n) is 12.3. The van der Waals surface area contributed by atoms with Crippen LogP contribution in [0.15, 0.2) is 30.3 Å². The molecule has 21 heavy (non-hydrogen) atoms. The Hall–Kier alpha value is -1.45. The number of hydrogen-bond acceptors (Lipinski definition) is 1. The summed E-state index contributed by atoms with van der Waals surface area (Å²) in [4.78, 5) is 0. The molecule has 112 valence electrons. The van der Waals surface area contributed by atoms with Gasteiger partial charge in [-0.1, -0.05) is 29.8 Å². The monoisotopic (exact) mass is 309 g/mol. The highest BCUT2D eigenvalue weighted by molar-refractivity contribution is 6.30. The molecule has 0 radical (unpaired) electrons. The highest BCUT2D eigenvalue weighted by atomic mass is 35.5. The molecule has 0 spiro atoms. The van der Waals surface area contributed by atoms with Crippen LogP contribution in [0.2, 0.25) is 5.02 Å². The summed E-state index contributed by atoms with van der Waals surface area (Å²) in [6.07, 6.45) is 0. The van der Waals surface area contributed by atoms with Gasteiger partial charge in [0.25, 0.3) is 0 Å². The molecular weight excluding hydrogens is 292 g/mol. The van der Waals surface area contributed by atoms with Crippen LogP contribution in [0, 0.1) is 25.5 Å². The van der Waals surface area contributed by atoms with Crippen molar-refractivity contribution in [1.82, 2.24) is 5.32 Å². The van der Waals surface area contributed by atoms with Crippen molar-refractivity contribution in [3.8, 4) is 0 Å². The predicted octanol–water partition coefficient (Wildman–Crippen LogP) is 5.09. The molecule has 4 heteroatoms. The molecule has 0 saturated heterocycles. The van der Waals surface area contributed by atoms with Crippen LogP contribution >= 0.6 is 11.6 Å². The molecule has 1 nitrogen and oxygen atoms in total. The van der Waals surface area contributed by atoms with E-state index in [9.17, 15) is 8.78 Å². The Kier molecular flexibility index (Phi) is 4.96. The van der Waals surface area contributed by atoms with Gasteiger partial charge in [0.15, 0.2) is 0 Å². The van der Waals surface area contributed by atoms with Gasteiger partial charge >= 0.3 is 0 Å². The summed E-state index contributed by atoms with van der Waals surface area (Å²) < 4.78 is 27.0. The van der Waals surface area contributed by atoms with Gasteiger partial charge < -0.3 is 5.32 Å². The summed E-state index contributed by atoms with van der Waals surface area (Å²) in [6.45, 7) is 6.05. The maximum absolute atomic E-state index is 13.6. The molecule has 1 unspecified atom stereocenters. The summed E-state index contributed by atoms with van der Waals surface area (Å²) in [5.74, 6) is -0.581. The van der Waals surface area contributed by atoms with Crippen molar-refractivity contribution in [2.45, 2.75) is 33.4 Å². The van der Waals surface area contributed by atoms with Crippen molar-refractivity contribution in [2.75, 3.05) is 0 Å². The Morgan fingerprint density at radius 2 is 1.71 bits per heavy atom. The third-order valence-electron chi connectivity index (χ3n) is 3.55. The smallest absolute Gasteiger partial charge is 0.142 e. The van der Waals surface area contributed by atoms with Crippen LogP contribution in [0.25, 0.3) is 0 Å². The second-order valence-electron chi connectivity index (χ2n) is 5.32. The summed E-state index contributed by atoms with van der Waals surface area (Å²) in [7, 11) is 0. The summed E-state index contributed by atoms with van der Waals surface area (Å²) in [5.41, 5.74) is 3.11. The number of nitrogens with one attached hydrogen (secondary N) is 1. The molecule has 1 N–H and O–H groups in total. The minimum absolute atomic E-state index is 0.0255. The first-order valence-electron chi connectivity index (χ1n) is 6.82. The van der Waals surface area contributed by atoms with E-state index in [1.54, 1.807) is 26.0 Å². The van der Waals surface area contributed by atoms with Crippen LogP contribution in [0.1, 0.15) is 35.2 Å². The molecule has 0 aliphatic rings. The van der Waals surface area contributed by atoms with E-state index in [-0.39, 0.29) is 16.9 Å². The quantitative estimate of drug-likeness (QED) is 0.830. The largest absolute Gasteiger partial charge is 0.306 e. The number of rotatable bonds is 4. The molecule has 0 fully saturated rings. The van der Waals surface area contributed by atoms with E-state index >= 15 is 0 Å². The van der Waals surface area contributed by atoms with Gasteiger partial charge in [0, 0.05) is 12.6 Å². The van der Waals surface area contributed by atoms with Crippen molar-refractivity contribution in [3.63, 3.8) is 0 Å². The topological polar surface area (TPSA) is 12.0 Å². The molecule has 2 aromatic carbocycles. The van der Waals surface area contributed by atoms with Crippen molar-refractivity contribution in [1.29, 1.82) is 0 Å². The minimum atomic E-state index is -0.420. The lowest BCUT2D eigenvalue weighted by Gasteiger charge is -2.15. The Labute approximate surface area is 128 Å². The second-order valence-corrected chi connectivity index (χ2v) is 5.73. The normalized spacial score (nSPS) is 12.5. The first-order valence-corrected chi connectivity index (χ1v) is 7.20. The van der Waals surface area contributed by atoms with E-state index in [0.29, 0.717) is 17.7 Å². The molecular formula is C17H18ClF2N. The van der Waals surface area contributed by atoms with Gasteiger partial charge in [-0.3, -0.25) is 0 Å². The first-order chi connectivity index (χ1) is 9.88. The summed E-state index contributed by atoms with van der Waals surface area (Å²) >= 11 is 5.68. The zero-order chi connectivity index (χ0) is 15.6. The third-order valence-corrected chi connectivity index (χ3v) is 3.86. The second kappa shape index (κ2) is 6.54. The molecule has 1 atom stereocenters. The SMILES string of the molecule is Cc1cc(CNC(C)c2ccc(Cl)c(F)c2)cc(C)c1F. The van der Waals surface area contributed by atoms with Crippen LogP contribution in [0.5, 0.6) is 0 Å². The highest BCUT2D eigenvalue weighted by Gasteiger charge is 2.09. The van der Waals surface area contributed by atoms with Gasteiger partial charge in [-0.25, -0.2) is 8.78 Å². The maximum atomic E-state index is 13.6. The van der Waals surface area contributed by atoms with Crippen LogP contribution < -0.4 is 5.32 Å². The van der Waals surface area contributed by atoms with Gasteiger partial charge in [-0.2, -0.15) is 0 Å². The minimum Gasteiger partial charge on any atom is -0.306 e. The molecule has 0 aliphatic carbocycles. The molecule has 0 saturated carbocycles.